The van der Waals surface area contributed by atoms with Crippen molar-refractivity contribution in [2.45, 2.75) is 51.5 Å². The molecule has 1 heterocycles. The summed E-state index contributed by atoms with van der Waals surface area (Å²) in [6, 6.07) is 0.742. The Balaban J connectivity index is 1.91. The van der Waals surface area contributed by atoms with Crippen LogP contribution in [0.5, 0.6) is 0 Å². The molecule has 0 bridgehead atoms. The number of unbranched alkanes of at least 4 members (excludes halogenated alkanes) is 2. The van der Waals surface area contributed by atoms with Crippen molar-refractivity contribution in [2.75, 3.05) is 6.54 Å². The number of hydrogen-bond acceptors (Lipinski definition) is 0. The van der Waals surface area contributed by atoms with Crippen molar-refractivity contribution in [3.05, 3.63) is 0 Å². The van der Waals surface area contributed by atoms with E-state index >= 15 is 0 Å². The van der Waals surface area contributed by atoms with E-state index in [-0.39, 0.29) is 0 Å². The summed E-state index contributed by atoms with van der Waals surface area (Å²) in [5.41, 5.74) is 0. The molecular formula is C9H18N. The Hall–Kier alpha value is -0.0400. The molecule has 0 N–H and O–H groups in total. The van der Waals surface area contributed by atoms with Gasteiger partial charge in [0.25, 0.3) is 0 Å². The van der Waals surface area contributed by atoms with Crippen LogP contribution in [0, 0.1) is 0 Å². The highest BCUT2D eigenvalue weighted by molar-refractivity contribution is 4.72. The molecule has 1 atom stereocenters. The lowest BCUT2D eigenvalue weighted by Crippen LogP contribution is -2.13. The molecular weight excluding hydrogens is 122 g/mol. The van der Waals surface area contributed by atoms with Gasteiger partial charge in [-0.05, 0) is 19.3 Å². The van der Waals surface area contributed by atoms with Gasteiger partial charge in [0.15, 0.2) is 0 Å². The Bertz CT molecular complexity index is 74.8. The third-order valence-electron chi connectivity index (χ3n) is 2.22. The van der Waals surface area contributed by atoms with Gasteiger partial charge in [0.2, 0.25) is 0 Å². The van der Waals surface area contributed by atoms with Crippen molar-refractivity contribution in [3.8, 4) is 0 Å². The maximum absolute atomic E-state index is 4.51. The van der Waals surface area contributed by atoms with Gasteiger partial charge in [-0.1, -0.05) is 26.2 Å². The first kappa shape index (κ1) is 8.06. The molecule has 1 unspecified atom stereocenters. The normalized spacial score (nSPS) is 25.5. The van der Waals surface area contributed by atoms with E-state index in [0.29, 0.717) is 0 Å². The van der Waals surface area contributed by atoms with Gasteiger partial charge in [-0.25, -0.2) is 5.32 Å². The second-order valence-corrected chi connectivity index (χ2v) is 3.20. The van der Waals surface area contributed by atoms with Crippen molar-refractivity contribution < 1.29 is 0 Å². The number of rotatable bonds is 4. The zero-order valence-corrected chi connectivity index (χ0v) is 6.97. The van der Waals surface area contributed by atoms with Gasteiger partial charge in [-0.15, -0.1) is 0 Å². The Morgan fingerprint density at radius 3 is 2.90 bits per heavy atom. The van der Waals surface area contributed by atoms with Crippen LogP contribution in [0.4, 0.5) is 0 Å². The molecule has 0 aliphatic carbocycles. The lowest BCUT2D eigenvalue weighted by molar-refractivity contribution is 0.513. The van der Waals surface area contributed by atoms with Crippen molar-refractivity contribution >= 4 is 0 Å². The van der Waals surface area contributed by atoms with Gasteiger partial charge in [0, 0.05) is 12.6 Å². The fourth-order valence-electron chi connectivity index (χ4n) is 1.56. The third-order valence-corrected chi connectivity index (χ3v) is 2.22. The highest BCUT2D eigenvalue weighted by atomic mass is 14.9. The van der Waals surface area contributed by atoms with E-state index in [1.54, 1.807) is 0 Å². The zero-order chi connectivity index (χ0) is 7.23. The van der Waals surface area contributed by atoms with E-state index in [1.807, 2.05) is 0 Å². The van der Waals surface area contributed by atoms with Gasteiger partial charge in [-0.2, -0.15) is 0 Å². The maximum atomic E-state index is 4.51. The summed E-state index contributed by atoms with van der Waals surface area (Å²) in [4.78, 5) is 0. The second-order valence-electron chi connectivity index (χ2n) is 3.20. The average Bonchev–Trinajstić information content (AvgIpc) is 2.41. The minimum absolute atomic E-state index is 0.742. The molecule has 10 heavy (non-hydrogen) atoms. The summed E-state index contributed by atoms with van der Waals surface area (Å²) in [5, 5.41) is 4.51. The van der Waals surface area contributed by atoms with Gasteiger partial charge < -0.3 is 0 Å². The van der Waals surface area contributed by atoms with Crippen LogP contribution in [0.25, 0.3) is 0 Å². The summed E-state index contributed by atoms with van der Waals surface area (Å²) in [7, 11) is 0. The lowest BCUT2D eigenvalue weighted by Gasteiger charge is -2.06. The summed E-state index contributed by atoms with van der Waals surface area (Å²) in [5.74, 6) is 0. The Labute approximate surface area is 64.2 Å². The Kier molecular flexibility index (Phi) is 3.81. The van der Waals surface area contributed by atoms with E-state index in [2.05, 4.69) is 12.2 Å². The molecule has 0 spiro atoms. The number of nitrogens with zero attached hydrogens (tertiary/aromatic N) is 1. The molecule has 1 rings (SSSR count). The quantitative estimate of drug-likeness (QED) is 0.532. The van der Waals surface area contributed by atoms with Crippen LogP contribution in [0.3, 0.4) is 0 Å². The van der Waals surface area contributed by atoms with Gasteiger partial charge in [-0.3, -0.25) is 0 Å². The first-order valence-electron chi connectivity index (χ1n) is 4.60. The molecule has 1 aliphatic heterocycles. The van der Waals surface area contributed by atoms with Crippen LogP contribution >= 0.6 is 0 Å². The van der Waals surface area contributed by atoms with Crippen molar-refractivity contribution in [1.82, 2.24) is 5.32 Å². The molecule has 0 aromatic heterocycles. The first-order valence-corrected chi connectivity index (χ1v) is 4.60. The lowest BCUT2D eigenvalue weighted by atomic mass is 10.1. The van der Waals surface area contributed by atoms with E-state index in [1.165, 1.54) is 38.5 Å². The predicted molar refractivity (Wildman–Crippen MR) is 44.2 cm³/mol. The second kappa shape index (κ2) is 4.73. The molecule has 1 nitrogen and oxygen atoms in total. The molecule has 0 amide bonds. The molecule has 0 saturated carbocycles. The van der Waals surface area contributed by atoms with Crippen LogP contribution in [-0.2, 0) is 0 Å². The predicted octanol–water partition coefficient (Wildman–Crippen LogP) is 2.33. The standard InChI is InChI=1S/C9H18N/c1-2-3-4-6-9-7-5-8-10-9/h9H,2-8H2,1H3. The summed E-state index contributed by atoms with van der Waals surface area (Å²) in [6.45, 7) is 3.39. The average molecular weight is 140 g/mol. The van der Waals surface area contributed by atoms with Crippen LogP contribution < -0.4 is 5.32 Å². The fourth-order valence-corrected chi connectivity index (χ4v) is 1.56. The van der Waals surface area contributed by atoms with Crippen molar-refractivity contribution in [3.63, 3.8) is 0 Å². The minimum atomic E-state index is 0.742. The summed E-state index contributed by atoms with van der Waals surface area (Å²) in [6.07, 6.45) is 8.19. The molecule has 1 heteroatoms. The van der Waals surface area contributed by atoms with Crippen LogP contribution in [0.15, 0.2) is 0 Å². The maximum Gasteiger partial charge on any atom is 0.0246 e. The molecule has 1 fully saturated rings. The van der Waals surface area contributed by atoms with Crippen molar-refractivity contribution in [1.29, 1.82) is 0 Å². The third kappa shape index (κ3) is 2.70. The van der Waals surface area contributed by atoms with Crippen LogP contribution in [-0.4, -0.2) is 12.6 Å². The fraction of sp³-hybridized carbons (Fsp3) is 1.00. The highest BCUT2D eigenvalue weighted by Gasteiger charge is 2.13. The highest BCUT2D eigenvalue weighted by Crippen LogP contribution is 2.13. The summed E-state index contributed by atoms with van der Waals surface area (Å²) >= 11 is 0. The van der Waals surface area contributed by atoms with Crippen molar-refractivity contribution in [2.24, 2.45) is 0 Å². The Morgan fingerprint density at radius 1 is 1.40 bits per heavy atom. The monoisotopic (exact) mass is 140 g/mol. The van der Waals surface area contributed by atoms with E-state index in [0.717, 1.165) is 12.6 Å². The zero-order valence-electron chi connectivity index (χ0n) is 6.97. The van der Waals surface area contributed by atoms with Gasteiger partial charge in [0.05, 0.1) is 0 Å². The minimum Gasteiger partial charge on any atom is -0.238 e. The van der Waals surface area contributed by atoms with Gasteiger partial charge in [0.1, 0.15) is 0 Å². The molecule has 1 aliphatic rings. The topological polar surface area (TPSA) is 14.1 Å². The largest absolute Gasteiger partial charge is 0.238 e. The SMILES string of the molecule is CCCCCC1CCC[N]1. The number of hydrogen-bond donors (Lipinski definition) is 0. The molecule has 0 aromatic carbocycles. The smallest absolute Gasteiger partial charge is 0.0246 e. The molecule has 1 radical (unpaired) electrons. The summed E-state index contributed by atoms with van der Waals surface area (Å²) < 4.78 is 0. The van der Waals surface area contributed by atoms with Crippen LogP contribution in [0.2, 0.25) is 0 Å². The molecule has 0 aromatic rings. The Morgan fingerprint density at radius 2 is 2.30 bits per heavy atom. The van der Waals surface area contributed by atoms with E-state index < -0.39 is 0 Å². The van der Waals surface area contributed by atoms with E-state index in [4.69, 9.17) is 0 Å². The molecule has 59 valence electrons. The van der Waals surface area contributed by atoms with E-state index in [9.17, 15) is 0 Å². The van der Waals surface area contributed by atoms with Gasteiger partial charge >= 0.3 is 0 Å². The van der Waals surface area contributed by atoms with Crippen LogP contribution in [0.1, 0.15) is 45.4 Å². The first-order chi connectivity index (χ1) is 4.93. The molecule has 1 saturated heterocycles.